The van der Waals surface area contributed by atoms with E-state index in [2.05, 4.69) is 4.98 Å². The van der Waals surface area contributed by atoms with Crippen LogP contribution in [0.15, 0.2) is 35.4 Å². The van der Waals surface area contributed by atoms with E-state index in [0.717, 1.165) is 22.5 Å². The molecule has 11 heteroatoms. The van der Waals surface area contributed by atoms with Crippen molar-refractivity contribution in [1.82, 2.24) is 14.2 Å². The molecule has 1 aliphatic heterocycles. The lowest BCUT2D eigenvalue weighted by Gasteiger charge is -2.34. The van der Waals surface area contributed by atoms with E-state index >= 15 is 0 Å². The molecule has 1 fully saturated rings. The predicted octanol–water partition coefficient (Wildman–Crippen LogP) is 2.81. The number of pyridine rings is 1. The summed E-state index contributed by atoms with van der Waals surface area (Å²) in [6.45, 7) is -0.101. The summed E-state index contributed by atoms with van der Waals surface area (Å²) in [5.41, 5.74) is 0.209. The molecule has 0 saturated carbocycles. The summed E-state index contributed by atoms with van der Waals surface area (Å²) in [6, 6.07) is 4.22. The lowest BCUT2D eigenvalue weighted by molar-refractivity contribution is 0.0697. The summed E-state index contributed by atoms with van der Waals surface area (Å²) in [4.78, 5) is 16.7. The zero-order chi connectivity index (χ0) is 19.8. The first kappa shape index (κ1) is 19.9. The van der Waals surface area contributed by atoms with Crippen molar-refractivity contribution in [3.05, 3.63) is 57.8 Å². The highest BCUT2D eigenvalue weighted by Gasteiger charge is 2.34. The van der Waals surface area contributed by atoms with Gasteiger partial charge in [-0.25, -0.2) is 22.2 Å². The van der Waals surface area contributed by atoms with Crippen molar-refractivity contribution < 1.29 is 22.0 Å². The number of rotatable bonds is 3. The third-order valence-electron chi connectivity index (χ3n) is 4.09. The van der Waals surface area contributed by atoms with Gasteiger partial charge in [-0.05, 0) is 18.2 Å². The first-order chi connectivity index (χ1) is 12.7. The summed E-state index contributed by atoms with van der Waals surface area (Å²) in [6.07, 6.45) is 1.27. The molecule has 1 amide bonds. The average molecular weight is 436 g/mol. The van der Waals surface area contributed by atoms with Gasteiger partial charge in [-0.2, -0.15) is 4.31 Å². The lowest BCUT2D eigenvalue weighted by atomic mass is 10.2. The van der Waals surface area contributed by atoms with Gasteiger partial charge in [0.1, 0.15) is 16.8 Å². The van der Waals surface area contributed by atoms with Crippen molar-refractivity contribution in [3.63, 3.8) is 0 Å². The highest BCUT2D eigenvalue weighted by Crippen LogP contribution is 2.25. The normalized spacial score (nSPS) is 15.8. The fraction of sp³-hybridized carbons (Fsp3) is 0.250. The number of carbonyl (C=O) groups excluding carboxylic acids is 1. The summed E-state index contributed by atoms with van der Waals surface area (Å²) in [5, 5.41) is 0.190. The van der Waals surface area contributed by atoms with E-state index in [0.29, 0.717) is 0 Å². The number of sulfonamides is 1. The minimum absolute atomic E-state index is 0.0500. The quantitative estimate of drug-likeness (QED) is 0.694. The van der Waals surface area contributed by atoms with Gasteiger partial charge in [-0.15, -0.1) is 0 Å². The van der Waals surface area contributed by atoms with Gasteiger partial charge in [0.2, 0.25) is 10.0 Å². The Hall–Kier alpha value is -1.81. The predicted molar refractivity (Wildman–Crippen MR) is 95.3 cm³/mol. The average Bonchev–Trinajstić information content (AvgIpc) is 2.63. The van der Waals surface area contributed by atoms with Crippen LogP contribution < -0.4 is 0 Å². The van der Waals surface area contributed by atoms with E-state index in [-0.39, 0.29) is 41.9 Å². The van der Waals surface area contributed by atoms with Crippen LogP contribution in [-0.4, -0.2) is 54.7 Å². The number of halogens is 4. The Morgan fingerprint density at radius 3 is 2.22 bits per heavy atom. The molecular formula is C16H13Cl2F2N3O3S. The van der Waals surface area contributed by atoms with Crippen molar-refractivity contribution >= 4 is 39.1 Å². The van der Waals surface area contributed by atoms with E-state index in [9.17, 15) is 22.0 Å². The number of hydrogen-bond acceptors (Lipinski definition) is 4. The standard InChI is InChI=1S/C16H13Cl2F2N3O3S/c17-11-8-10(9-21-15(11)18)16(24)22-4-6-23(7-5-22)27(25,26)14-12(19)2-1-3-13(14)20/h1-3,8-9H,4-7H2. The Labute approximate surface area is 164 Å². The third kappa shape index (κ3) is 3.91. The molecule has 0 N–H and O–H groups in total. The molecule has 0 bridgehead atoms. The molecule has 0 aliphatic carbocycles. The summed E-state index contributed by atoms with van der Waals surface area (Å²) in [5.74, 6) is -2.71. The Morgan fingerprint density at radius 1 is 1.07 bits per heavy atom. The first-order valence-electron chi connectivity index (χ1n) is 7.76. The van der Waals surface area contributed by atoms with Gasteiger partial charge in [-0.3, -0.25) is 4.79 Å². The van der Waals surface area contributed by atoms with Crippen LogP contribution in [0.4, 0.5) is 8.78 Å². The largest absolute Gasteiger partial charge is 0.336 e. The fourth-order valence-electron chi connectivity index (χ4n) is 2.71. The number of piperazine rings is 1. The van der Waals surface area contributed by atoms with Gasteiger partial charge < -0.3 is 4.90 Å². The van der Waals surface area contributed by atoms with E-state index in [4.69, 9.17) is 23.2 Å². The third-order valence-corrected chi connectivity index (χ3v) is 6.72. The molecule has 1 aliphatic rings. The second kappa shape index (κ2) is 7.67. The van der Waals surface area contributed by atoms with Crippen molar-refractivity contribution in [1.29, 1.82) is 0 Å². The van der Waals surface area contributed by atoms with Crippen LogP contribution in [0.3, 0.4) is 0 Å². The molecule has 0 unspecified atom stereocenters. The maximum atomic E-state index is 13.9. The minimum Gasteiger partial charge on any atom is -0.336 e. The van der Waals surface area contributed by atoms with Crippen LogP contribution in [0.2, 0.25) is 10.2 Å². The number of benzene rings is 1. The molecule has 0 spiro atoms. The van der Waals surface area contributed by atoms with Crippen molar-refractivity contribution in [2.45, 2.75) is 4.90 Å². The van der Waals surface area contributed by atoms with Gasteiger partial charge in [0.25, 0.3) is 5.91 Å². The molecule has 0 atom stereocenters. The molecule has 6 nitrogen and oxygen atoms in total. The smallest absolute Gasteiger partial charge is 0.255 e. The number of nitrogens with zero attached hydrogens (tertiary/aromatic N) is 3. The molecule has 144 valence electrons. The second-order valence-corrected chi connectivity index (χ2v) is 8.38. The number of hydrogen-bond donors (Lipinski definition) is 0. The molecule has 27 heavy (non-hydrogen) atoms. The molecule has 1 aromatic heterocycles. The zero-order valence-corrected chi connectivity index (χ0v) is 16.0. The number of aromatic nitrogens is 1. The molecule has 2 aromatic rings. The monoisotopic (exact) mass is 435 g/mol. The lowest BCUT2D eigenvalue weighted by Crippen LogP contribution is -2.50. The highest BCUT2D eigenvalue weighted by molar-refractivity contribution is 7.89. The van der Waals surface area contributed by atoms with Gasteiger partial charge in [0, 0.05) is 32.4 Å². The SMILES string of the molecule is O=C(c1cnc(Cl)c(Cl)c1)N1CCN(S(=O)(=O)c2c(F)cccc2F)CC1. The van der Waals surface area contributed by atoms with Crippen molar-refractivity contribution in [3.8, 4) is 0 Å². The second-order valence-electron chi connectivity index (χ2n) is 5.74. The van der Waals surface area contributed by atoms with E-state index in [1.54, 1.807) is 0 Å². The van der Waals surface area contributed by atoms with Crippen LogP contribution in [0, 0.1) is 11.6 Å². The number of carbonyl (C=O) groups is 1. The van der Waals surface area contributed by atoms with Gasteiger partial charge in [0.05, 0.1) is 10.6 Å². The Kier molecular flexibility index (Phi) is 5.66. The first-order valence-corrected chi connectivity index (χ1v) is 9.96. The Balaban J connectivity index is 1.75. The van der Waals surface area contributed by atoms with Crippen LogP contribution in [-0.2, 0) is 10.0 Å². The highest BCUT2D eigenvalue weighted by atomic mass is 35.5. The molecular weight excluding hydrogens is 423 g/mol. The molecule has 2 heterocycles. The van der Waals surface area contributed by atoms with Crippen LogP contribution in [0.1, 0.15) is 10.4 Å². The maximum Gasteiger partial charge on any atom is 0.255 e. The van der Waals surface area contributed by atoms with E-state index < -0.39 is 32.5 Å². The van der Waals surface area contributed by atoms with Gasteiger partial charge in [-0.1, -0.05) is 29.3 Å². The Morgan fingerprint density at radius 2 is 1.67 bits per heavy atom. The molecule has 0 radical (unpaired) electrons. The van der Waals surface area contributed by atoms with E-state index in [1.807, 2.05) is 0 Å². The minimum atomic E-state index is -4.36. The van der Waals surface area contributed by atoms with Crippen LogP contribution in [0.5, 0.6) is 0 Å². The van der Waals surface area contributed by atoms with Crippen molar-refractivity contribution in [2.75, 3.05) is 26.2 Å². The number of amides is 1. The maximum absolute atomic E-state index is 13.9. The van der Waals surface area contributed by atoms with Crippen molar-refractivity contribution in [2.24, 2.45) is 0 Å². The fourth-order valence-corrected chi connectivity index (χ4v) is 4.51. The Bertz CT molecular complexity index is 976. The molecule has 1 saturated heterocycles. The van der Waals surface area contributed by atoms with E-state index in [1.165, 1.54) is 17.2 Å². The molecule has 1 aromatic carbocycles. The summed E-state index contributed by atoms with van der Waals surface area (Å²) < 4.78 is 53.8. The van der Waals surface area contributed by atoms with Gasteiger partial charge >= 0.3 is 0 Å². The zero-order valence-electron chi connectivity index (χ0n) is 13.7. The van der Waals surface area contributed by atoms with Gasteiger partial charge in [0.15, 0.2) is 4.90 Å². The summed E-state index contributed by atoms with van der Waals surface area (Å²) >= 11 is 11.6. The topological polar surface area (TPSA) is 70.6 Å². The van der Waals surface area contributed by atoms with Crippen LogP contribution >= 0.6 is 23.2 Å². The summed E-state index contributed by atoms with van der Waals surface area (Å²) in [7, 11) is -4.36. The molecule has 3 rings (SSSR count). The van der Waals surface area contributed by atoms with Crippen LogP contribution in [0.25, 0.3) is 0 Å².